The minimum Gasteiger partial charge on any atom is -0.756 e. The Balaban J connectivity index is 4.23. The topological polar surface area (TPSA) is 111 Å². The zero-order chi connectivity index (χ0) is 53.5. The Morgan fingerprint density at radius 3 is 1.16 bits per heavy atom. The summed E-state index contributed by atoms with van der Waals surface area (Å²) in [6.07, 6.45) is 72.1. The van der Waals surface area contributed by atoms with Gasteiger partial charge in [-0.25, -0.2) is 0 Å². The van der Waals surface area contributed by atoms with E-state index in [1.54, 1.807) is 0 Å². The normalized spacial score (nSPS) is 13.9. The smallest absolute Gasteiger partial charge is 0.306 e. The van der Waals surface area contributed by atoms with Crippen LogP contribution in [0.1, 0.15) is 251 Å². The van der Waals surface area contributed by atoms with Crippen molar-refractivity contribution in [3.8, 4) is 0 Å². The maximum Gasteiger partial charge on any atom is 0.306 e. The Labute approximate surface area is 450 Å². The highest BCUT2D eigenvalue weighted by Gasteiger charge is 2.21. The van der Waals surface area contributed by atoms with E-state index >= 15 is 0 Å². The van der Waals surface area contributed by atoms with Crippen molar-refractivity contribution in [3.63, 3.8) is 0 Å². The lowest BCUT2D eigenvalue weighted by Crippen LogP contribution is -2.37. The van der Waals surface area contributed by atoms with Crippen LogP contribution < -0.4 is 4.89 Å². The first-order chi connectivity index (χ1) is 35.5. The predicted octanol–water partition coefficient (Wildman–Crippen LogP) is 18.0. The number of carbonyl (C=O) groups is 2. The maximum atomic E-state index is 12.8. The molecule has 0 rings (SSSR count). The third-order valence-corrected chi connectivity index (χ3v) is 13.6. The molecule has 2 atom stereocenters. The number of esters is 2. The molecule has 0 saturated carbocycles. The largest absolute Gasteiger partial charge is 0.756 e. The molecule has 0 aromatic rings. The molecule has 0 aliphatic carbocycles. The number of phosphoric acid groups is 1. The van der Waals surface area contributed by atoms with Crippen molar-refractivity contribution in [2.24, 2.45) is 0 Å². The SMILES string of the molecule is CC/C=C\C/C=C\C/C=C\C/C=C\C/C=C\C/C=C\C/C=C\CCCCCC(=O)OC(COC(=O)CCCCCCCCCCCCCCCCCCCCCCCCCC)COP(=O)([O-])OCC[N+](C)(C)C. The van der Waals surface area contributed by atoms with Gasteiger partial charge in [-0.15, -0.1) is 0 Å². The monoisotopic (exact) mass is 1040 g/mol. The second-order valence-corrected chi connectivity index (χ2v) is 22.4. The molecule has 0 N–H and O–H groups in total. The van der Waals surface area contributed by atoms with E-state index in [4.69, 9.17) is 18.5 Å². The van der Waals surface area contributed by atoms with Crippen LogP contribution in [-0.4, -0.2) is 70.0 Å². The first-order valence-corrected chi connectivity index (χ1v) is 31.3. The van der Waals surface area contributed by atoms with E-state index in [1.165, 1.54) is 135 Å². The van der Waals surface area contributed by atoms with E-state index in [0.29, 0.717) is 17.4 Å². The summed E-state index contributed by atoms with van der Waals surface area (Å²) in [5.41, 5.74) is 0. The van der Waals surface area contributed by atoms with E-state index in [1.807, 2.05) is 21.1 Å². The molecule has 0 aliphatic heterocycles. The standard InChI is InChI=1S/C63H112NO8P/c1-6-8-10-12-14-16-18-20-22-24-26-28-30-32-34-36-38-40-42-44-46-48-50-52-54-56-63(66)72-61(60-71-73(67,68)70-58-57-64(3,4)5)59-69-62(65)55-53-51-49-47-45-43-41-39-37-35-33-31-29-27-25-23-21-19-17-15-13-11-9-7-2/h8,10,14,16,20,22,26,28,32,34,38,40,44,46,61H,6-7,9,11-13,15,17-19,21,23-25,27,29-31,33,35-37,39,41-43,45,47-60H2,1-5H3/b10-8-,16-14-,22-20-,28-26-,34-32-,40-38-,46-44-. The zero-order valence-corrected chi connectivity index (χ0v) is 48.7. The summed E-state index contributed by atoms with van der Waals surface area (Å²) in [6.45, 7) is 4.11. The van der Waals surface area contributed by atoms with Gasteiger partial charge in [0, 0.05) is 12.8 Å². The van der Waals surface area contributed by atoms with Crippen molar-refractivity contribution >= 4 is 19.8 Å². The Morgan fingerprint density at radius 2 is 0.781 bits per heavy atom. The lowest BCUT2D eigenvalue weighted by atomic mass is 10.0. The van der Waals surface area contributed by atoms with E-state index in [0.717, 1.165) is 83.5 Å². The number of allylic oxidation sites excluding steroid dienone is 14. The summed E-state index contributed by atoms with van der Waals surface area (Å²) < 4.78 is 34.1. The van der Waals surface area contributed by atoms with Crippen LogP contribution in [0.5, 0.6) is 0 Å². The van der Waals surface area contributed by atoms with Gasteiger partial charge >= 0.3 is 11.9 Å². The van der Waals surface area contributed by atoms with E-state index in [-0.39, 0.29) is 26.1 Å². The fraction of sp³-hybridized carbons (Fsp3) is 0.746. The lowest BCUT2D eigenvalue weighted by molar-refractivity contribution is -0.870. The number of phosphoric ester groups is 1. The number of unbranched alkanes of at least 4 members (excludes halogenated alkanes) is 26. The molecule has 0 bridgehead atoms. The number of quaternary nitrogens is 1. The van der Waals surface area contributed by atoms with E-state index in [9.17, 15) is 19.0 Å². The number of nitrogens with zero attached hydrogens (tertiary/aromatic N) is 1. The molecule has 0 amide bonds. The van der Waals surface area contributed by atoms with Crippen molar-refractivity contribution in [2.45, 2.75) is 258 Å². The zero-order valence-electron chi connectivity index (χ0n) is 47.8. The van der Waals surface area contributed by atoms with Crippen molar-refractivity contribution in [1.82, 2.24) is 0 Å². The predicted molar refractivity (Wildman–Crippen MR) is 309 cm³/mol. The number of ether oxygens (including phenoxy) is 2. The van der Waals surface area contributed by atoms with Crippen LogP contribution in [0.3, 0.4) is 0 Å². The highest BCUT2D eigenvalue weighted by molar-refractivity contribution is 7.45. The van der Waals surface area contributed by atoms with Crippen LogP contribution >= 0.6 is 7.82 Å². The molecule has 422 valence electrons. The van der Waals surface area contributed by atoms with Crippen molar-refractivity contribution in [3.05, 3.63) is 85.1 Å². The second-order valence-electron chi connectivity index (χ2n) is 21.0. The molecule has 0 aliphatic rings. The second kappa shape index (κ2) is 54.0. The van der Waals surface area contributed by atoms with Crippen LogP contribution in [-0.2, 0) is 32.7 Å². The molecule has 0 aromatic heterocycles. The van der Waals surface area contributed by atoms with Crippen molar-refractivity contribution in [2.75, 3.05) is 47.5 Å². The van der Waals surface area contributed by atoms with Gasteiger partial charge in [0.25, 0.3) is 7.82 Å². The Kier molecular flexibility index (Phi) is 51.9. The summed E-state index contributed by atoms with van der Waals surface area (Å²) >= 11 is 0. The van der Waals surface area contributed by atoms with E-state index in [2.05, 4.69) is 98.9 Å². The molecular weight excluding hydrogens is 930 g/mol. The van der Waals surface area contributed by atoms with Crippen LogP contribution in [0, 0.1) is 0 Å². The van der Waals surface area contributed by atoms with Gasteiger partial charge in [-0.2, -0.15) is 0 Å². The minimum atomic E-state index is -4.65. The fourth-order valence-electron chi connectivity index (χ4n) is 8.11. The fourth-order valence-corrected chi connectivity index (χ4v) is 8.84. The first kappa shape index (κ1) is 70.2. The number of hydrogen-bond acceptors (Lipinski definition) is 8. The van der Waals surface area contributed by atoms with Crippen molar-refractivity contribution < 1.29 is 42.1 Å². The third kappa shape index (κ3) is 58.3. The van der Waals surface area contributed by atoms with Crippen molar-refractivity contribution in [1.29, 1.82) is 0 Å². The lowest BCUT2D eigenvalue weighted by Gasteiger charge is -2.28. The molecule has 9 nitrogen and oxygen atoms in total. The van der Waals surface area contributed by atoms with Gasteiger partial charge in [0.05, 0.1) is 27.7 Å². The molecule has 0 fully saturated rings. The van der Waals surface area contributed by atoms with Gasteiger partial charge < -0.3 is 27.9 Å². The highest BCUT2D eigenvalue weighted by atomic mass is 31.2. The molecular formula is C63H112NO8P. The molecule has 0 heterocycles. The maximum absolute atomic E-state index is 12.8. The molecule has 10 heteroatoms. The molecule has 0 radical (unpaired) electrons. The average Bonchev–Trinajstić information content (AvgIpc) is 3.35. The van der Waals surface area contributed by atoms with Gasteiger partial charge in [-0.1, -0.05) is 253 Å². The molecule has 0 spiro atoms. The quantitative estimate of drug-likeness (QED) is 0.0195. The molecule has 0 saturated heterocycles. The van der Waals surface area contributed by atoms with Gasteiger partial charge in [0.2, 0.25) is 0 Å². The number of likely N-dealkylation sites (N-methyl/N-ethyl adjacent to an activating group) is 1. The number of rotatable bonds is 54. The Morgan fingerprint density at radius 1 is 0.438 bits per heavy atom. The first-order valence-electron chi connectivity index (χ1n) is 29.8. The molecule has 0 aromatic carbocycles. The van der Waals surface area contributed by atoms with Crippen LogP contribution in [0.2, 0.25) is 0 Å². The summed E-state index contributed by atoms with van der Waals surface area (Å²) in [5.74, 6) is -0.868. The molecule has 73 heavy (non-hydrogen) atoms. The number of hydrogen-bond donors (Lipinski definition) is 0. The summed E-state index contributed by atoms with van der Waals surface area (Å²) in [6, 6.07) is 0. The Hall–Kier alpha value is -2.81. The minimum absolute atomic E-state index is 0.0407. The summed E-state index contributed by atoms with van der Waals surface area (Å²) in [4.78, 5) is 37.9. The Bertz CT molecular complexity index is 1510. The van der Waals surface area contributed by atoms with Crippen LogP contribution in [0.4, 0.5) is 0 Å². The van der Waals surface area contributed by atoms with Gasteiger partial charge in [-0.3, -0.25) is 14.2 Å². The third-order valence-electron chi connectivity index (χ3n) is 12.7. The summed E-state index contributed by atoms with van der Waals surface area (Å²) in [5, 5.41) is 0. The number of carbonyl (C=O) groups excluding carboxylic acids is 2. The summed E-state index contributed by atoms with van der Waals surface area (Å²) in [7, 11) is 1.14. The van der Waals surface area contributed by atoms with Crippen LogP contribution in [0.25, 0.3) is 0 Å². The van der Waals surface area contributed by atoms with Gasteiger partial charge in [-0.05, 0) is 70.6 Å². The van der Waals surface area contributed by atoms with E-state index < -0.39 is 32.5 Å². The average molecular weight is 1040 g/mol. The van der Waals surface area contributed by atoms with Gasteiger partial charge in [0.1, 0.15) is 19.8 Å². The van der Waals surface area contributed by atoms with Crippen LogP contribution in [0.15, 0.2) is 85.1 Å². The van der Waals surface area contributed by atoms with Gasteiger partial charge in [0.15, 0.2) is 6.10 Å². The molecule has 2 unspecified atom stereocenters. The highest BCUT2D eigenvalue weighted by Crippen LogP contribution is 2.38.